The summed E-state index contributed by atoms with van der Waals surface area (Å²) in [5.41, 5.74) is 0. The predicted octanol–water partition coefficient (Wildman–Crippen LogP) is 3.24. The molecule has 1 aliphatic rings. The lowest BCUT2D eigenvalue weighted by Crippen LogP contribution is -2.35. The highest BCUT2D eigenvalue weighted by Crippen LogP contribution is 2.37. The van der Waals surface area contributed by atoms with Crippen LogP contribution in [0.5, 0.6) is 0 Å². The molecule has 1 atom stereocenters. The molecule has 0 N–H and O–H groups in total. The third-order valence-corrected chi connectivity index (χ3v) is 8.62. The molecule has 9 heavy (non-hydrogen) atoms. The van der Waals surface area contributed by atoms with Gasteiger partial charge in [-0.1, -0.05) is 12.8 Å². The number of rotatable bonds is 0. The van der Waals surface area contributed by atoms with Crippen molar-refractivity contribution in [1.82, 2.24) is 0 Å². The quantitative estimate of drug-likeness (QED) is 0.322. The Kier molecular flexibility index (Phi) is 2.72. The summed E-state index contributed by atoms with van der Waals surface area (Å²) in [6.07, 6.45) is 3.38. The molecule has 54 valence electrons. The van der Waals surface area contributed by atoms with Crippen molar-refractivity contribution in [2.24, 2.45) is 0 Å². The van der Waals surface area contributed by atoms with Gasteiger partial charge in [-0.15, -0.1) is 33.8 Å². The molecule has 0 aromatic rings. The zero-order valence-electron chi connectivity index (χ0n) is 5.04. The fourth-order valence-electron chi connectivity index (χ4n) is 1.05. The molecule has 1 heterocycles. The smallest absolute Gasteiger partial charge is 0.144 e. The fourth-order valence-corrected chi connectivity index (χ4v) is 4.65. The highest BCUT2D eigenvalue weighted by Gasteiger charge is 2.39. The van der Waals surface area contributed by atoms with E-state index in [0.717, 1.165) is 12.5 Å². The number of hydrogen-bond donors (Lipinski definition) is 0. The molecule has 0 bridgehead atoms. The van der Waals surface area contributed by atoms with Crippen LogP contribution in [-0.4, -0.2) is 11.7 Å². The summed E-state index contributed by atoms with van der Waals surface area (Å²) in [6.45, 7) is -1.98. The van der Waals surface area contributed by atoms with Gasteiger partial charge in [0.25, 0.3) is 6.69 Å². The van der Waals surface area contributed by atoms with E-state index in [1.54, 1.807) is 0 Å². The molecule has 0 aromatic carbocycles. The fraction of sp³-hybridized carbons (Fsp3) is 1.00. The van der Waals surface area contributed by atoms with Crippen LogP contribution in [0.15, 0.2) is 0 Å². The maximum absolute atomic E-state index is 5.99. The van der Waals surface area contributed by atoms with Crippen molar-refractivity contribution in [3.05, 3.63) is 0 Å². The molecule has 0 saturated carbocycles. The highest BCUT2D eigenvalue weighted by atomic mass is 35.7. The van der Waals surface area contributed by atoms with Gasteiger partial charge in [0.05, 0.1) is 5.00 Å². The third kappa shape index (κ3) is 2.01. The Labute approximate surface area is 70.9 Å². The maximum Gasteiger partial charge on any atom is 0.268 e. The number of halogens is 3. The largest absolute Gasteiger partial charge is 0.268 e. The Balaban J connectivity index is 2.49. The van der Waals surface area contributed by atoms with Gasteiger partial charge in [0.1, 0.15) is 0 Å². The molecule has 1 fully saturated rings. The van der Waals surface area contributed by atoms with Crippen LogP contribution in [0.4, 0.5) is 0 Å². The third-order valence-electron chi connectivity index (χ3n) is 1.68. The van der Waals surface area contributed by atoms with Crippen molar-refractivity contribution in [1.29, 1.82) is 0 Å². The molecule has 0 radical (unpaired) electrons. The normalized spacial score (nSPS) is 34.3. The first-order valence-corrected chi connectivity index (χ1v) is 7.89. The summed E-state index contributed by atoms with van der Waals surface area (Å²) in [5, 5.41) is 0.0922. The molecule has 1 saturated heterocycles. The minimum atomic E-state index is -1.98. The molecule has 1 aliphatic heterocycles. The van der Waals surface area contributed by atoms with Crippen molar-refractivity contribution >= 4 is 40.5 Å². The molecular formula is C5H9Cl3Si. The van der Waals surface area contributed by atoms with Crippen LogP contribution in [0.25, 0.3) is 0 Å². The SMILES string of the molecule is ClC1CCCC[Si]1(Cl)Cl. The van der Waals surface area contributed by atoms with Gasteiger partial charge < -0.3 is 0 Å². The van der Waals surface area contributed by atoms with Gasteiger partial charge in [0, 0.05) is 0 Å². The van der Waals surface area contributed by atoms with E-state index >= 15 is 0 Å². The van der Waals surface area contributed by atoms with E-state index < -0.39 is 6.69 Å². The molecule has 0 amide bonds. The van der Waals surface area contributed by atoms with Crippen LogP contribution in [0, 0.1) is 0 Å². The van der Waals surface area contributed by atoms with Crippen LogP contribution in [0.2, 0.25) is 6.04 Å². The first kappa shape index (κ1) is 8.19. The van der Waals surface area contributed by atoms with Crippen LogP contribution >= 0.6 is 33.8 Å². The zero-order chi connectivity index (χ0) is 6.91. The summed E-state index contributed by atoms with van der Waals surface area (Å²) >= 11 is 17.9. The second-order valence-electron chi connectivity index (χ2n) is 2.47. The van der Waals surface area contributed by atoms with E-state index in [1.165, 1.54) is 12.8 Å². The van der Waals surface area contributed by atoms with Gasteiger partial charge in [-0.25, -0.2) is 0 Å². The molecule has 0 aromatic heterocycles. The summed E-state index contributed by atoms with van der Waals surface area (Å²) in [5.74, 6) is 0. The van der Waals surface area contributed by atoms with Gasteiger partial charge in [0.15, 0.2) is 0 Å². The summed E-state index contributed by atoms with van der Waals surface area (Å²) in [4.78, 5) is 0. The van der Waals surface area contributed by atoms with Crippen LogP contribution in [0.3, 0.4) is 0 Å². The zero-order valence-corrected chi connectivity index (χ0v) is 8.31. The lowest BCUT2D eigenvalue weighted by molar-refractivity contribution is 0.710. The minimum Gasteiger partial charge on any atom is -0.144 e. The summed E-state index contributed by atoms with van der Waals surface area (Å²) in [6, 6.07) is 0.976. The van der Waals surface area contributed by atoms with E-state index in [2.05, 4.69) is 0 Å². The van der Waals surface area contributed by atoms with Crippen LogP contribution < -0.4 is 0 Å². The maximum atomic E-state index is 5.99. The lowest BCUT2D eigenvalue weighted by atomic mass is 10.3. The van der Waals surface area contributed by atoms with E-state index in [0.29, 0.717) is 0 Å². The van der Waals surface area contributed by atoms with E-state index in [4.69, 9.17) is 33.8 Å². The Morgan fingerprint density at radius 3 is 2.22 bits per heavy atom. The average molecular weight is 204 g/mol. The number of hydrogen-bond acceptors (Lipinski definition) is 0. The molecular weight excluding hydrogens is 194 g/mol. The average Bonchev–Trinajstić information content (AvgIpc) is 1.77. The highest BCUT2D eigenvalue weighted by molar-refractivity contribution is 7.47. The van der Waals surface area contributed by atoms with Crippen LogP contribution in [0.1, 0.15) is 19.3 Å². The van der Waals surface area contributed by atoms with Gasteiger partial charge in [-0.3, -0.25) is 0 Å². The van der Waals surface area contributed by atoms with E-state index in [9.17, 15) is 0 Å². The Morgan fingerprint density at radius 2 is 1.89 bits per heavy atom. The second-order valence-corrected chi connectivity index (χ2v) is 10.7. The van der Waals surface area contributed by atoms with Gasteiger partial charge in [0.2, 0.25) is 0 Å². The van der Waals surface area contributed by atoms with Crippen molar-refractivity contribution in [3.8, 4) is 0 Å². The number of alkyl halides is 1. The monoisotopic (exact) mass is 202 g/mol. The second kappa shape index (κ2) is 2.99. The summed E-state index contributed by atoms with van der Waals surface area (Å²) < 4.78 is 0. The Bertz CT molecular complexity index is 104. The Hall–Kier alpha value is 1.09. The molecule has 1 unspecified atom stereocenters. The van der Waals surface area contributed by atoms with Crippen molar-refractivity contribution < 1.29 is 0 Å². The minimum absolute atomic E-state index is 0.0922. The summed E-state index contributed by atoms with van der Waals surface area (Å²) in [7, 11) is 0. The Morgan fingerprint density at radius 1 is 1.22 bits per heavy atom. The van der Waals surface area contributed by atoms with Gasteiger partial charge in [-0.2, -0.15) is 0 Å². The van der Waals surface area contributed by atoms with Gasteiger partial charge >= 0.3 is 0 Å². The van der Waals surface area contributed by atoms with E-state index in [-0.39, 0.29) is 5.00 Å². The first-order valence-electron chi connectivity index (χ1n) is 3.15. The lowest BCUT2D eigenvalue weighted by Gasteiger charge is -2.26. The first-order chi connectivity index (χ1) is 4.13. The van der Waals surface area contributed by atoms with Crippen molar-refractivity contribution in [3.63, 3.8) is 0 Å². The molecule has 0 nitrogen and oxygen atoms in total. The van der Waals surface area contributed by atoms with Crippen LogP contribution in [-0.2, 0) is 0 Å². The van der Waals surface area contributed by atoms with E-state index in [1.807, 2.05) is 0 Å². The van der Waals surface area contributed by atoms with Crippen molar-refractivity contribution in [2.45, 2.75) is 30.3 Å². The molecule has 4 heteroatoms. The topological polar surface area (TPSA) is 0 Å². The molecule has 0 aliphatic carbocycles. The molecule has 0 spiro atoms. The standard InChI is InChI=1S/C5H9Cl3Si/c6-5-3-1-2-4-9(5,7)8/h5H,1-4H2. The van der Waals surface area contributed by atoms with Crippen molar-refractivity contribution in [2.75, 3.05) is 0 Å². The molecule has 1 rings (SSSR count). The van der Waals surface area contributed by atoms with Gasteiger partial charge in [-0.05, 0) is 12.5 Å². The predicted molar refractivity (Wildman–Crippen MR) is 45.8 cm³/mol.